The summed E-state index contributed by atoms with van der Waals surface area (Å²) in [6.07, 6.45) is 9.02. The molecule has 0 radical (unpaired) electrons. The molecule has 0 saturated heterocycles. The molecule has 0 aromatic carbocycles. The molecule has 2 fully saturated rings. The highest BCUT2D eigenvalue weighted by Gasteiger charge is 2.42. The van der Waals surface area contributed by atoms with E-state index in [1.807, 2.05) is 38.2 Å². The van der Waals surface area contributed by atoms with E-state index in [0.29, 0.717) is 5.92 Å². The van der Waals surface area contributed by atoms with E-state index in [1.165, 1.54) is 25.7 Å². The zero-order valence-electron chi connectivity index (χ0n) is 15.3. The fraction of sp³-hybridized carbons (Fsp3) is 0.524. The van der Waals surface area contributed by atoms with Gasteiger partial charge in [0, 0.05) is 23.6 Å². The molecule has 4 rings (SSSR count). The lowest BCUT2D eigenvalue weighted by Crippen LogP contribution is -2.40. The summed E-state index contributed by atoms with van der Waals surface area (Å²) >= 11 is 0. The van der Waals surface area contributed by atoms with Crippen molar-refractivity contribution in [2.45, 2.75) is 52.5 Å². The Morgan fingerprint density at radius 1 is 1.32 bits per heavy atom. The van der Waals surface area contributed by atoms with Gasteiger partial charge in [-0.15, -0.1) is 0 Å². The molecule has 2 aromatic rings. The van der Waals surface area contributed by atoms with E-state index in [2.05, 4.69) is 21.8 Å². The quantitative estimate of drug-likeness (QED) is 0.915. The van der Waals surface area contributed by atoms with Gasteiger partial charge in [0.05, 0.1) is 17.4 Å². The summed E-state index contributed by atoms with van der Waals surface area (Å²) < 4.78 is 2.10. The fourth-order valence-electron chi connectivity index (χ4n) is 5.17. The van der Waals surface area contributed by atoms with Crippen molar-refractivity contribution in [3.8, 4) is 5.69 Å². The van der Waals surface area contributed by atoms with E-state index < -0.39 is 0 Å². The Morgan fingerprint density at radius 2 is 2.16 bits per heavy atom. The number of rotatable bonds is 4. The number of aryl methyl sites for hydroxylation is 1. The van der Waals surface area contributed by atoms with Crippen molar-refractivity contribution < 1.29 is 4.79 Å². The minimum absolute atomic E-state index is 0.0542. The van der Waals surface area contributed by atoms with Gasteiger partial charge in [-0.05, 0) is 76.0 Å². The van der Waals surface area contributed by atoms with Crippen molar-refractivity contribution in [1.29, 1.82) is 0 Å². The normalized spacial score (nSPS) is 26.0. The average molecular weight is 337 g/mol. The third-order valence-corrected chi connectivity index (χ3v) is 6.37. The first-order valence-corrected chi connectivity index (χ1v) is 9.44. The summed E-state index contributed by atoms with van der Waals surface area (Å²) in [4.78, 5) is 17.1. The number of carbonyl (C=O) groups is 1. The highest BCUT2D eigenvalue weighted by atomic mass is 16.1. The molecule has 2 aliphatic rings. The van der Waals surface area contributed by atoms with Crippen molar-refractivity contribution in [1.82, 2.24) is 14.9 Å². The molecule has 0 unspecified atom stereocenters. The Kier molecular flexibility index (Phi) is 4.14. The second-order valence-electron chi connectivity index (χ2n) is 7.93. The third kappa shape index (κ3) is 2.88. The number of amides is 1. The molecule has 2 bridgehead atoms. The second kappa shape index (κ2) is 6.32. The van der Waals surface area contributed by atoms with Gasteiger partial charge >= 0.3 is 0 Å². The van der Waals surface area contributed by atoms with Gasteiger partial charge in [-0.1, -0.05) is 6.42 Å². The maximum atomic E-state index is 12.9. The molecule has 2 heterocycles. The van der Waals surface area contributed by atoms with E-state index >= 15 is 0 Å². The minimum Gasteiger partial charge on any atom is -0.349 e. The molecule has 0 aliphatic heterocycles. The summed E-state index contributed by atoms with van der Waals surface area (Å²) in [7, 11) is 0. The zero-order chi connectivity index (χ0) is 17.6. The van der Waals surface area contributed by atoms with Crippen LogP contribution in [-0.2, 0) is 0 Å². The Labute approximate surface area is 149 Å². The average Bonchev–Trinajstić information content (AvgIpc) is 3.30. The lowest BCUT2D eigenvalue weighted by Gasteiger charge is -2.28. The summed E-state index contributed by atoms with van der Waals surface area (Å²) in [5, 5.41) is 3.29. The van der Waals surface area contributed by atoms with Crippen LogP contribution in [0.3, 0.4) is 0 Å². The van der Waals surface area contributed by atoms with Crippen LogP contribution in [0.25, 0.3) is 5.69 Å². The van der Waals surface area contributed by atoms with E-state index in [4.69, 9.17) is 0 Å². The van der Waals surface area contributed by atoms with Gasteiger partial charge in [0.1, 0.15) is 0 Å². The summed E-state index contributed by atoms with van der Waals surface area (Å²) in [6.45, 7) is 6.23. The number of fused-ring (bicyclic) bond motifs is 2. The van der Waals surface area contributed by atoms with Crippen LogP contribution < -0.4 is 5.32 Å². The fourth-order valence-corrected chi connectivity index (χ4v) is 5.17. The van der Waals surface area contributed by atoms with Crippen molar-refractivity contribution in [2.75, 3.05) is 0 Å². The molecule has 4 heteroatoms. The largest absolute Gasteiger partial charge is 0.349 e. The number of aromatic nitrogens is 2. The van der Waals surface area contributed by atoms with Gasteiger partial charge in [0.25, 0.3) is 5.91 Å². The van der Waals surface area contributed by atoms with Crippen molar-refractivity contribution in [2.24, 2.45) is 17.8 Å². The highest BCUT2D eigenvalue weighted by Crippen LogP contribution is 2.49. The Bertz CT molecular complexity index is 780. The maximum Gasteiger partial charge on any atom is 0.253 e. The van der Waals surface area contributed by atoms with Gasteiger partial charge in [-0.25, -0.2) is 0 Å². The first-order valence-electron chi connectivity index (χ1n) is 9.44. The lowest BCUT2D eigenvalue weighted by molar-refractivity contribution is 0.0914. The van der Waals surface area contributed by atoms with Gasteiger partial charge in [-0.3, -0.25) is 9.78 Å². The maximum absolute atomic E-state index is 12.9. The molecule has 4 nitrogen and oxygen atoms in total. The number of nitrogens with zero attached hydrogens (tertiary/aromatic N) is 2. The van der Waals surface area contributed by atoms with Crippen LogP contribution in [0.1, 0.15) is 54.4 Å². The van der Waals surface area contributed by atoms with Crippen molar-refractivity contribution in [3.63, 3.8) is 0 Å². The molecule has 2 saturated carbocycles. The van der Waals surface area contributed by atoms with E-state index in [1.54, 1.807) is 6.20 Å². The Balaban J connectivity index is 1.53. The second-order valence-corrected chi connectivity index (χ2v) is 7.93. The zero-order valence-corrected chi connectivity index (χ0v) is 15.3. The molecule has 1 amide bonds. The number of pyridine rings is 1. The molecule has 2 aromatic heterocycles. The number of hydrogen-bond donors (Lipinski definition) is 1. The van der Waals surface area contributed by atoms with Crippen LogP contribution in [0.2, 0.25) is 0 Å². The first kappa shape index (κ1) is 16.4. The number of nitrogens with one attached hydrogen (secondary N) is 1. The summed E-state index contributed by atoms with van der Waals surface area (Å²) in [6, 6.07) is 6.19. The predicted octanol–water partition coefficient (Wildman–Crippen LogP) is 4.04. The Hall–Kier alpha value is -2.10. The molecule has 0 spiro atoms. The van der Waals surface area contributed by atoms with Crippen LogP contribution in [0.4, 0.5) is 0 Å². The topological polar surface area (TPSA) is 46.9 Å². The van der Waals surface area contributed by atoms with Crippen LogP contribution in [-0.4, -0.2) is 21.5 Å². The first-order chi connectivity index (χ1) is 12.0. The molecular formula is C21H27N3O. The van der Waals surface area contributed by atoms with Gasteiger partial charge in [0.2, 0.25) is 0 Å². The summed E-state index contributed by atoms with van der Waals surface area (Å²) in [5.41, 5.74) is 3.81. The molecule has 25 heavy (non-hydrogen) atoms. The van der Waals surface area contributed by atoms with Crippen LogP contribution in [0, 0.1) is 31.6 Å². The number of carbonyl (C=O) groups excluding carboxylic acids is 1. The van der Waals surface area contributed by atoms with Gasteiger partial charge in [0.15, 0.2) is 0 Å². The van der Waals surface area contributed by atoms with Crippen LogP contribution >= 0.6 is 0 Å². The molecule has 4 atom stereocenters. The van der Waals surface area contributed by atoms with Crippen LogP contribution in [0.5, 0.6) is 0 Å². The minimum atomic E-state index is 0.0542. The lowest BCUT2D eigenvalue weighted by atomic mass is 9.84. The van der Waals surface area contributed by atoms with Crippen LogP contribution in [0.15, 0.2) is 30.6 Å². The Morgan fingerprint density at radius 3 is 2.80 bits per heavy atom. The van der Waals surface area contributed by atoms with Gasteiger partial charge < -0.3 is 9.88 Å². The number of hydrogen-bond acceptors (Lipinski definition) is 2. The summed E-state index contributed by atoms with van der Waals surface area (Å²) in [5.74, 6) is 2.44. The SMILES string of the molecule is Cc1cc(C(=O)N[C@@H](C)[C@H]2C[C@H]3CC[C@H]2C3)c(C)n1-c1cccnc1. The highest BCUT2D eigenvalue weighted by molar-refractivity contribution is 5.96. The molecular weight excluding hydrogens is 310 g/mol. The smallest absolute Gasteiger partial charge is 0.253 e. The van der Waals surface area contributed by atoms with E-state index in [0.717, 1.165) is 34.5 Å². The predicted molar refractivity (Wildman–Crippen MR) is 98.9 cm³/mol. The monoisotopic (exact) mass is 337 g/mol. The molecule has 1 N–H and O–H groups in total. The molecule has 132 valence electrons. The third-order valence-electron chi connectivity index (χ3n) is 6.37. The standard InChI is InChI=1S/C21H27N3O/c1-13-9-20(15(3)24(13)18-5-4-8-22-12-18)21(25)23-14(2)19-11-16-6-7-17(19)10-16/h4-5,8-9,12,14,16-17,19H,6-7,10-11H2,1-3H3,(H,23,25)/t14-,16-,17-,19+/m0/s1. The van der Waals surface area contributed by atoms with Crippen molar-refractivity contribution in [3.05, 3.63) is 47.5 Å². The van der Waals surface area contributed by atoms with Gasteiger partial charge in [-0.2, -0.15) is 0 Å². The van der Waals surface area contributed by atoms with E-state index in [-0.39, 0.29) is 11.9 Å². The van der Waals surface area contributed by atoms with E-state index in [9.17, 15) is 4.79 Å². The van der Waals surface area contributed by atoms with Crippen molar-refractivity contribution >= 4 is 5.91 Å². The molecule has 2 aliphatic carbocycles.